The van der Waals surface area contributed by atoms with E-state index in [0.717, 1.165) is 24.8 Å². The Labute approximate surface area is 156 Å². The Kier molecular flexibility index (Phi) is 5.57. The van der Waals surface area contributed by atoms with Crippen molar-refractivity contribution in [1.29, 1.82) is 0 Å². The molecule has 128 valence electrons. The minimum absolute atomic E-state index is 0.217. The van der Waals surface area contributed by atoms with Crippen molar-refractivity contribution in [3.63, 3.8) is 0 Å². The molecule has 0 aliphatic carbocycles. The highest BCUT2D eigenvalue weighted by Crippen LogP contribution is 2.25. The van der Waals surface area contributed by atoms with Crippen LogP contribution in [0.25, 0.3) is 6.08 Å². The number of esters is 1. The second-order valence-corrected chi connectivity index (χ2v) is 6.65. The van der Waals surface area contributed by atoms with Gasteiger partial charge in [-0.15, -0.1) is 0 Å². The molecular formula is C20H17Cl2NO2. The van der Waals surface area contributed by atoms with Gasteiger partial charge in [0.15, 0.2) is 5.70 Å². The molecule has 0 saturated carbocycles. The fraction of sp³-hybridized carbons (Fsp3) is 0.200. The molecule has 5 heteroatoms. The summed E-state index contributed by atoms with van der Waals surface area (Å²) in [6, 6.07) is 13.0. The number of halogens is 2. The molecule has 2 aromatic carbocycles. The van der Waals surface area contributed by atoms with E-state index in [1.165, 1.54) is 5.56 Å². The molecule has 3 rings (SSSR count). The van der Waals surface area contributed by atoms with Crippen LogP contribution in [0.2, 0.25) is 10.0 Å². The number of aliphatic imine (C=N–C) groups is 1. The second-order valence-electron chi connectivity index (χ2n) is 5.80. The summed E-state index contributed by atoms with van der Waals surface area (Å²) in [5, 5.41) is 0.991. The van der Waals surface area contributed by atoms with E-state index >= 15 is 0 Å². The Morgan fingerprint density at radius 2 is 1.88 bits per heavy atom. The SMILES string of the molecule is CCCCc1ccc(C2=NC(=Cc3ccc(Cl)cc3Cl)C(=O)O2)cc1. The first-order chi connectivity index (χ1) is 12.1. The maximum Gasteiger partial charge on any atom is 0.363 e. The van der Waals surface area contributed by atoms with E-state index in [-0.39, 0.29) is 5.70 Å². The van der Waals surface area contributed by atoms with Gasteiger partial charge in [-0.2, -0.15) is 0 Å². The number of cyclic esters (lactones) is 1. The van der Waals surface area contributed by atoms with E-state index in [1.807, 2.05) is 24.3 Å². The molecule has 0 saturated heterocycles. The van der Waals surface area contributed by atoms with E-state index < -0.39 is 5.97 Å². The molecule has 0 spiro atoms. The molecule has 1 heterocycles. The van der Waals surface area contributed by atoms with Crippen LogP contribution < -0.4 is 0 Å². The average molecular weight is 374 g/mol. The highest BCUT2D eigenvalue weighted by atomic mass is 35.5. The van der Waals surface area contributed by atoms with Crippen LogP contribution in [0.15, 0.2) is 53.2 Å². The zero-order chi connectivity index (χ0) is 17.8. The van der Waals surface area contributed by atoms with Gasteiger partial charge in [0.2, 0.25) is 5.90 Å². The molecule has 0 aromatic heterocycles. The lowest BCUT2D eigenvalue weighted by Gasteiger charge is -2.02. The normalized spacial score (nSPS) is 15.4. The van der Waals surface area contributed by atoms with Crippen LogP contribution in [-0.4, -0.2) is 11.9 Å². The molecule has 0 fully saturated rings. The third kappa shape index (κ3) is 4.30. The van der Waals surface area contributed by atoms with Crippen LogP contribution in [0.3, 0.4) is 0 Å². The minimum Gasteiger partial charge on any atom is -0.402 e. The molecule has 0 N–H and O–H groups in total. The predicted octanol–water partition coefficient (Wildman–Crippen LogP) is 5.68. The lowest BCUT2D eigenvalue weighted by Crippen LogP contribution is -2.05. The van der Waals surface area contributed by atoms with Crippen LogP contribution in [0.1, 0.15) is 36.5 Å². The van der Waals surface area contributed by atoms with Gasteiger partial charge in [-0.25, -0.2) is 9.79 Å². The highest BCUT2D eigenvalue weighted by Gasteiger charge is 2.24. The van der Waals surface area contributed by atoms with Gasteiger partial charge in [-0.1, -0.05) is 54.7 Å². The monoisotopic (exact) mass is 373 g/mol. The van der Waals surface area contributed by atoms with Crippen molar-refractivity contribution in [2.45, 2.75) is 26.2 Å². The Hall–Kier alpha value is -2.10. The molecule has 3 nitrogen and oxygen atoms in total. The van der Waals surface area contributed by atoms with Crippen molar-refractivity contribution < 1.29 is 9.53 Å². The van der Waals surface area contributed by atoms with E-state index in [1.54, 1.807) is 24.3 Å². The van der Waals surface area contributed by atoms with Gasteiger partial charge in [0.1, 0.15) is 0 Å². The Morgan fingerprint density at radius 1 is 1.12 bits per heavy atom. The second kappa shape index (κ2) is 7.85. The lowest BCUT2D eigenvalue weighted by atomic mass is 10.1. The number of carbonyl (C=O) groups excluding carboxylic acids is 1. The molecule has 0 bridgehead atoms. The largest absolute Gasteiger partial charge is 0.402 e. The predicted molar refractivity (Wildman–Crippen MR) is 102 cm³/mol. The highest BCUT2D eigenvalue weighted by molar-refractivity contribution is 6.35. The van der Waals surface area contributed by atoms with Gasteiger partial charge >= 0.3 is 5.97 Å². The molecule has 1 aliphatic rings. The average Bonchev–Trinajstić information content (AvgIpc) is 2.97. The van der Waals surface area contributed by atoms with Crippen LogP contribution in [0, 0.1) is 0 Å². The Balaban J connectivity index is 1.83. The van der Waals surface area contributed by atoms with Gasteiger partial charge in [0.05, 0.1) is 0 Å². The van der Waals surface area contributed by atoms with Crippen molar-refractivity contribution in [2.75, 3.05) is 0 Å². The number of nitrogens with zero attached hydrogens (tertiary/aromatic N) is 1. The maximum absolute atomic E-state index is 12.1. The number of rotatable bonds is 5. The number of hydrogen-bond donors (Lipinski definition) is 0. The van der Waals surface area contributed by atoms with Gasteiger partial charge < -0.3 is 4.74 Å². The van der Waals surface area contributed by atoms with Crippen LogP contribution in [-0.2, 0) is 16.0 Å². The molecular weight excluding hydrogens is 357 g/mol. The maximum atomic E-state index is 12.1. The Morgan fingerprint density at radius 3 is 2.56 bits per heavy atom. The summed E-state index contributed by atoms with van der Waals surface area (Å²) in [6.07, 6.45) is 4.96. The van der Waals surface area contributed by atoms with Gasteiger partial charge in [0, 0.05) is 15.6 Å². The smallest absolute Gasteiger partial charge is 0.363 e. The summed E-state index contributed by atoms with van der Waals surface area (Å²) >= 11 is 12.0. The first-order valence-corrected chi connectivity index (χ1v) is 8.89. The summed E-state index contributed by atoms with van der Waals surface area (Å²) in [5.41, 5.74) is 2.92. The number of carbonyl (C=O) groups is 1. The van der Waals surface area contributed by atoms with E-state index in [9.17, 15) is 4.79 Å². The molecule has 2 aromatic rings. The number of ether oxygens (including phenoxy) is 1. The van der Waals surface area contributed by atoms with Gasteiger partial charge in [-0.3, -0.25) is 0 Å². The first-order valence-electron chi connectivity index (χ1n) is 8.13. The summed E-state index contributed by atoms with van der Waals surface area (Å²) in [4.78, 5) is 16.4. The van der Waals surface area contributed by atoms with Crippen LogP contribution in [0.4, 0.5) is 0 Å². The minimum atomic E-state index is -0.490. The van der Waals surface area contributed by atoms with Crippen molar-refractivity contribution in [1.82, 2.24) is 0 Å². The number of hydrogen-bond acceptors (Lipinski definition) is 3. The fourth-order valence-corrected chi connectivity index (χ4v) is 2.96. The quantitative estimate of drug-likeness (QED) is 0.499. The third-order valence-corrected chi connectivity index (χ3v) is 4.46. The summed E-state index contributed by atoms with van der Waals surface area (Å²) in [7, 11) is 0. The standard InChI is InChI=1S/C20H17Cl2NO2/c1-2-3-4-13-5-7-14(8-6-13)19-23-18(20(24)25-19)11-15-9-10-16(21)12-17(15)22/h5-12H,2-4H2,1H3. The topological polar surface area (TPSA) is 38.7 Å². The summed E-state index contributed by atoms with van der Waals surface area (Å²) < 4.78 is 5.29. The molecule has 0 radical (unpaired) electrons. The molecule has 0 unspecified atom stereocenters. The summed E-state index contributed by atoms with van der Waals surface area (Å²) in [6.45, 7) is 2.17. The lowest BCUT2D eigenvalue weighted by molar-refractivity contribution is -0.129. The van der Waals surface area contributed by atoms with Crippen molar-refractivity contribution in [2.24, 2.45) is 4.99 Å². The van der Waals surface area contributed by atoms with Crippen LogP contribution >= 0.6 is 23.2 Å². The number of benzene rings is 2. The number of aryl methyl sites for hydroxylation is 1. The summed E-state index contributed by atoms with van der Waals surface area (Å²) in [5.74, 6) is -0.181. The van der Waals surface area contributed by atoms with Crippen molar-refractivity contribution in [3.8, 4) is 0 Å². The zero-order valence-corrected chi connectivity index (χ0v) is 15.3. The van der Waals surface area contributed by atoms with E-state index in [4.69, 9.17) is 27.9 Å². The number of unbranched alkanes of at least 4 members (excludes halogenated alkanes) is 1. The molecule has 25 heavy (non-hydrogen) atoms. The fourth-order valence-electron chi connectivity index (χ4n) is 2.49. The Bertz CT molecular complexity index is 854. The zero-order valence-electron chi connectivity index (χ0n) is 13.8. The third-order valence-electron chi connectivity index (χ3n) is 3.90. The molecule has 0 atom stereocenters. The van der Waals surface area contributed by atoms with Crippen molar-refractivity contribution >= 4 is 41.1 Å². The van der Waals surface area contributed by atoms with Crippen molar-refractivity contribution in [3.05, 3.63) is 74.9 Å². The van der Waals surface area contributed by atoms with E-state index in [2.05, 4.69) is 11.9 Å². The first kappa shape index (κ1) is 17.7. The van der Waals surface area contributed by atoms with Crippen LogP contribution in [0.5, 0.6) is 0 Å². The molecule has 1 aliphatic heterocycles. The van der Waals surface area contributed by atoms with E-state index in [0.29, 0.717) is 21.5 Å². The van der Waals surface area contributed by atoms with Gasteiger partial charge in [0.25, 0.3) is 0 Å². The van der Waals surface area contributed by atoms with Gasteiger partial charge in [-0.05, 0) is 54.3 Å². The molecule has 0 amide bonds.